The van der Waals surface area contributed by atoms with Crippen molar-refractivity contribution in [2.75, 3.05) is 20.3 Å². The zero-order valence-corrected chi connectivity index (χ0v) is 22.4. The maximum Gasteiger partial charge on any atom is 0.318 e. The van der Waals surface area contributed by atoms with Gasteiger partial charge in [-0.05, 0) is 72.6 Å². The van der Waals surface area contributed by atoms with E-state index in [-0.39, 0.29) is 35.3 Å². The number of hydrogen-bond acceptors (Lipinski definition) is 10. The van der Waals surface area contributed by atoms with Gasteiger partial charge in [0.1, 0.15) is 12.4 Å². The van der Waals surface area contributed by atoms with Gasteiger partial charge in [-0.15, -0.1) is 0 Å². The Balaban J connectivity index is 1.48. The fourth-order valence-corrected chi connectivity index (χ4v) is 4.64. The molecule has 0 spiro atoms. The molecule has 0 radical (unpaired) electrons. The number of benzene rings is 3. The number of amides is 2. The Hall–Kier alpha value is -4.91. The fourth-order valence-electron chi connectivity index (χ4n) is 3.78. The highest BCUT2D eigenvalue weighted by Crippen LogP contribution is 2.39. The molecule has 0 bridgehead atoms. The topological polar surface area (TPSA) is 151 Å². The van der Waals surface area contributed by atoms with E-state index in [4.69, 9.17) is 14.2 Å². The van der Waals surface area contributed by atoms with Crippen molar-refractivity contribution in [3.8, 4) is 23.0 Å². The van der Waals surface area contributed by atoms with E-state index in [2.05, 4.69) is 0 Å². The molecule has 4 rings (SSSR count). The minimum Gasteiger partial charge on any atom is -0.493 e. The lowest BCUT2D eigenvalue weighted by molar-refractivity contribution is -0.394. The highest BCUT2D eigenvalue weighted by Gasteiger charge is 2.35. The molecule has 40 heavy (non-hydrogen) atoms. The summed E-state index contributed by atoms with van der Waals surface area (Å²) in [4.78, 5) is 47.6. The van der Waals surface area contributed by atoms with Crippen LogP contribution in [0.15, 0.2) is 59.5 Å². The number of hydrogen-bond donors (Lipinski definition) is 0. The Kier molecular flexibility index (Phi) is 8.34. The molecule has 1 saturated heterocycles. The van der Waals surface area contributed by atoms with Crippen molar-refractivity contribution in [2.24, 2.45) is 0 Å². The lowest BCUT2D eigenvalue weighted by Crippen LogP contribution is -2.32. The molecule has 2 amide bonds. The molecule has 206 valence electrons. The largest absolute Gasteiger partial charge is 0.493 e. The van der Waals surface area contributed by atoms with E-state index in [0.717, 1.165) is 46.0 Å². The van der Waals surface area contributed by atoms with Crippen molar-refractivity contribution in [2.45, 2.75) is 13.8 Å². The summed E-state index contributed by atoms with van der Waals surface area (Å²) in [5, 5.41) is 22.0. The zero-order valence-electron chi connectivity index (χ0n) is 21.6. The first-order valence-corrected chi connectivity index (χ1v) is 12.6. The van der Waals surface area contributed by atoms with Crippen LogP contribution in [0.1, 0.15) is 16.7 Å². The molecule has 0 N–H and O–H groups in total. The molecule has 1 fully saturated rings. The molecule has 1 heterocycles. The second kappa shape index (κ2) is 11.9. The SMILES string of the molecule is COc1cc(/C=C2\SC(=O)N(CCOc3cc(C)ccc3C)C2=O)ccc1Oc1ccc([N+](=O)[O-])cc1[N+](=O)[O-]. The summed E-state index contributed by atoms with van der Waals surface area (Å²) in [7, 11) is 1.36. The van der Waals surface area contributed by atoms with Crippen LogP contribution in [0, 0.1) is 34.1 Å². The first-order valence-electron chi connectivity index (χ1n) is 11.8. The second-order valence-corrected chi connectivity index (χ2v) is 9.62. The monoisotopic (exact) mass is 565 g/mol. The van der Waals surface area contributed by atoms with Gasteiger partial charge in [-0.1, -0.05) is 18.2 Å². The van der Waals surface area contributed by atoms with Crippen molar-refractivity contribution in [1.29, 1.82) is 0 Å². The Morgan fingerprint density at radius 1 is 0.900 bits per heavy atom. The average Bonchev–Trinajstić information content (AvgIpc) is 3.18. The smallest absolute Gasteiger partial charge is 0.318 e. The van der Waals surface area contributed by atoms with Gasteiger partial charge in [0, 0.05) is 6.07 Å². The third-order valence-electron chi connectivity index (χ3n) is 5.85. The number of non-ortho nitro benzene ring substituents is 1. The van der Waals surface area contributed by atoms with Crippen LogP contribution in [0.4, 0.5) is 16.2 Å². The van der Waals surface area contributed by atoms with Gasteiger partial charge >= 0.3 is 5.69 Å². The number of rotatable bonds is 10. The Morgan fingerprint density at radius 2 is 1.65 bits per heavy atom. The summed E-state index contributed by atoms with van der Waals surface area (Å²) in [5.74, 6) is 0.304. The predicted molar refractivity (Wildman–Crippen MR) is 147 cm³/mol. The summed E-state index contributed by atoms with van der Waals surface area (Å²) < 4.78 is 16.8. The number of thioether (sulfide) groups is 1. The standard InChI is InChI=1S/C27H23N3O9S/c1-16-4-5-17(2)23(12-16)38-11-10-28-26(31)25(40-27(28)32)14-18-6-8-22(24(13-18)37-3)39-21-9-7-19(29(33)34)15-20(21)30(35)36/h4-9,12-15H,10-11H2,1-3H3/b25-14-. The van der Waals surface area contributed by atoms with Crippen molar-refractivity contribution in [1.82, 2.24) is 4.90 Å². The fraction of sp³-hybridized carbons (Fsp3) is 0.185. The summed E-state index contributed by atoms with van der Waals surface area (Å²) in [6.45, 7) is 4.08. The van der Waals surface area contributed by atoms with Gasteiger partial charge in [-0.3, -0.25) is 34.7 Å². The number of methoxy groups -OCH3 is 1. The van der Waals surface area contributed by atoms with Gasteiger partial charge in [-0.25, -0.2) is 0 Å². The summed E-state index contributed by atoms with van der Waals surface area (Å²) in [6.07, 6.45) is 1.52. The highest BCUT2D eigenvalue weighted by molar-refractivity contribution is 8.18. The first kappa shape index (κ1) is 28.1. The summed E-state index contributed by atoms with van der Waals surface area (Å²) in [5.41, 5.74) is 1.46. The molecule has 12 nitrogen and oxygen atoms in total. The number of nitrogens with zero attached hydrogens (tertiary/aromatic N) is 3. The minimum atomic E-state index is -0.785. The van der Waals surface area contributed by atoms with Crippen molar-refractivity contribution in [3.05, 3.63) is 96.4 Å². The van der Waals surface area contributed by atoms with Crippen molar-refractivity contribution >= 4 is 40.4 Å². The summed E-state index contributed by atoms with van der Waals surface area (Å²) >= 11 is 0.798. The van der Waals surface area contributed by atoms with E-state index in [1.807, 2.05) is 32.0 Å². The van der Waals surface area contributed by atoms with E-state index in [1.54, 1.807) is 6.07 Å². The van der Waals surface area contributed by atoms with Crippen molar-refractivity contribution in [3.63, 3.8) is 0 Å². The molecular weight excluding hydrogens is 542 g/mol. The third kappa shape index (κ3) is 6.21. The van der Waals surface area contributed by atoms with Crippen LogP contribution in [0.2, 0.25) is 0 Å². The molecule has 0 atom stereocenters. The predicted octanol–water partition coefficient (Wildman–Crippen LogP) is 6.04. The van der Waals surface area contributed by atoms with Gasteiger partial charge in [-0.2, -0.15) is 0 Å². The minimum absolute atomic E-state index is 0.0828. The molecule has 0 saturated carbocycles. The number of carbonyl (C=O) groups excluding carboxylic acids is 2. The van der Waals surface area contributed by atoms with Gasteiger partial charge in [0.15, 0.2) is 11.5 Å². The molecule has 0 aliphatic carbocycles. The highest BCUT2D eigenvalue weighted by atomic mass is 32.2. The number of nitro groups is 2. The number of carbonyl (C=O) groups is 2. The van der Waals surface area contributed by atoms with Gasteiger partial charge in [0.25, 0.3) is 16.8 Å². The number of ether oxygens (including phenoxy) is 3. The molecular formula is C27H23N3O9S. The normalized spacial score (nSPS) is 14.0. The quantitative estimate of drug-likeness (QED) is 0.162. The van der Waals surface area contributed by atoms with E-state index in [9.17, 15) is 29.8 Å². The van der Waals surface area contributed by atoms with E-state index in [1.165, 1.54) is 25.3 Å². The third-order valence-corrected chi connectivity index (χ3v) is 6.75. The first-order chi connectivity index (χ1) is 19.1. The van der Waals surface area contributed by atoms with Crippen LogP contribution in [0.3, 0.4) is 0 Å². The molecule has 13 heteroatoms. The number of imide groups is 1. The van der Waals surface area contributed by atoms with Crippen molar-refractivity contribution < 1.29 is 33.6 Å². The molecule has 3 aromatic carbocycles. The number of nitro benzene ring substituents is 2. The average molecular weight is 566 g/mol. The van der Waals surface area contributed by atoms with Gasteiger partial charge < -0.3 is 14.2 Å². The van der Waals surface area contributed by atoms with Crippen LogP contribution in [0.5, 0.6) is 23.0 Å². The lowest BCUT2D eigenvalue weighted by Gasteiger charge is -2.14. The van der Waals surface area contributed by atoms with Crippen LogP contribution in [-0.4, -0.2) is 46.2 Å². The van der Waals surface area contributed by atoms with Crippen LogP contribution in [-0.2, 0) is 4.79 Å². The molecule has 3 aromatic rings. The Labute approximate surface area is 232 Å². The Bertz CT molecular complexity index is 1550. The lowest BCUT2D eigenvalue weighted by atomic mass is 10.1. The van der Waals surface area contributed by atoms with E-state index in [0.29, 0.717) is 11.3 Å². The zero-order chi connectivity index (χ0) is 29.0. The molecule has 0 unspecified atom stereocenters. The van der Waals surface area contributed by atoms with Crippen LogP contribution < -0.4 is 14.2 Å². The van der Waals surface area contributed by atoms with Gasteiger partial charge in [0.2, 0.25) is 5.75 Å². The Morgan fingerprint density at radius 3 is 2.35 bits per heavy atom. The molecule has 0 aromatic heterocycles. The van der Waals surface area contributed by atoms with Crippen LogP contribution >= 0.6 is 11.8 Å². The van der Waals surface area contributed by atoms with Gasteiger partial charge in [0.05, 0.1) is 34.5 Å². The summed E-state index contributed by atoms with van der Waals surface area (Å²) in [6, 6.07) is 13.4. The maximum atomic E-state index is 12.9. The number of aryl methyl sites for hydroxylation is 2. The maximum absolute atomic E-state index is 12.9. The molecule has 1 aliphatic rings. The van der Waals surface area contributed by atoms with E-state index >= 15 is 0 Å². The second-order valence-electron chi connectivity index (χ2n) is 8.63. The molecule has 1 aliphatic heterocycles. The van der Waals surface area contributed by atoms with Crippen LogP contribution in [0.25, 0.3) is 6.08 Å². The van der Waals surface area contributed by atoms with E-state index < -0.39 is 32.4 Å².